The van der Waals surface area contributed by atoms with E-state index in [1.54, 1.807) is 0 Å². The number of aryl methyl sites for hydroxylation is 3. The molecule has 1 aromatic carbocycles. The van der Waals surface area contributed by atoms with E-state index in [-0.39, 0.29) is 5.41 Å². The van der Waals surface area contributed by atoms with Crippen LogP contribution in [0.3, 0.4) is 0 Å². The topological polar surface area (TPSA) is 27.0 Å². The van der Waals surface area contributed by atoms with Gasteiger partial charge in [0.2, 0.25) is 0 Å². The van der Waals surface area contributed by atoms with Gasteiger partial charge in [0, 0.05) is 13.1 Å². The van der Waals surface area contributed by atoms with Crippen LogP contribution in [-0.4, -0.2) is 18.5 Å². The Morgan fingerprint density at radius 2 is 1.79 bits per heavy atom. The molecule has 0 bridgehead atoms. The molecular formula is C17H24N2. The monoisotopic (exact) mass is 256 g/mol. The van der Waals surface area contributed by atoms with Crippen molar-refractivity contribution in [2.45, 2.75) is 46.6 Å². The number of nitriles is 1. The lowest BCUT2D eigenvalue weighted by Crippen LogP contribution is -2.39. The largest absolute Gasteiger partial charge is 0.301 e. The van der Waals surface area contributed by atoms with Crippen LogP contribution in [0.5, 0.6) is 0 Å². The Bertz CT molecular complexity index is 483. The van der Waals surface area contributed by atoms with Crippen LogP contribution < -0.4 is 0 Å². The number of rotatable bonds is 4. The van der Waals surface area contributed by atoms with Crippen molar-refractivity contribution in [2.75, 3.05) is 13.6 Å². The molecule has 0 aromatic heterocycles. The molecular weight excluding hydrogens is 232 g/mol. The summed E-state index contributed by atoms with van der Waals surface area (Å²) in [5.41, 5.74) is 5.41. The van der Waals surface area contributed by atoms with E-state index in [1.807, 2.05) is 0 Å². The Kier molecular flexibility index (Phi) is 3.96. The smallest absolute Gasteiger partial charge is 0.0703 e. The Morgan fingerprint density at radius 3 is 2.21 bits per heavy atom. The quantitative estimate of drug-likeness (QED) is 0.820. The highest BCUT2D eigenvalue weighted by Crippen LogP contribution is 2.40. The molecule has 2 rings (SSSR count). The van der Waals surface area contributed by atoms with E-state index in [4.69, 9.17) is 0 Å². The van der Waals surface area contributed by atoms with Crippen molar-refractivity contribution in [1.82, 2.24) is 4.90 Å². The first-order valence-corrected chi connectivity index (χ1v) is 7.12. The van der Waals surface area contributed by atoms with E-state index in [9.17, 15) is 5.26 Å². The molecule has 102 valence electrons. The van der Waals surface area contributed by atoms with E-state index in [0.29, 0.717) is 0 Å². The second-order valence-corrected chi connectivity index (χ2v) is 6.30. The molecule has 1 aliphatic carbocycles. The fraction of sp³-hybridized carbons (Fsp3) is 0.588. The van der Waals surface area contributed by atoms with Crippen molar-refractivity contribution in [3.63, 3.8) is 0 Å². The minimum atomic E-state index is -0.0682. The molecule has 2 heteroatoms. The number of hydrogen-bond donors (Lipinski definition) is 0. The molecule has 0 atom stereocenters. The van der Waals surface area contributed by atoms with Gasteiger partial charge in [-0.1, -0.05) is 24.1 Å². The first-order chi connectivity index (χ1) is 8.96. The fourth-order valence-corrected chi connectivity index (χ4v) is 3.21. The minimum Gasteiger partial charge on any atom is -0.301 e. The van der Waals surface area contributed by atoms with Crippen molar-refractivity contribution >= 4 is 0 Å². The first-order valence-electron chi connectivity index (χ1n) is 7.12. The van der Waals surface area contributed by atoms with Gasteiger partial charge in [-0.05, 0) is 57.4 Å². The molecule has 0 aliphatic heterocycles. The molecule has 0 heterocycles. The average molecular weight is 256 g/mol. The summed E-state index contributed by atoms with van der Waals surface area (Å²) in [6.45, 7) is 8.36. The maximum Gasteiger partial charge on any atom is 0.0703 e. The summed E-state index contributed by atoms with van der Waals surface area (Å²) in [7, 11) is 2.14. The zero-order valence-electron chi connectivity index (χ0n) is 12.6. The van der Waals surface area contributed by atoms with Crippen molar-refractivity contribution < 1.29 is 0 Å². The highest BCUT2D eigenvalue weighted by molar-refractivity contribution is 5.37. The zero-order chi connectivity index (χ0) is 14.0. The molecule has 0 unspecified atom stereocenters. The Balaban J connectivity index is 2.07. The Morgan fingerprint density at radius 1 is 1.21 bits per heavy atom. The molecule has 19 heavy (non-hydrogen) atoms. The summed E-state index contributed by atoms with van der Waals surface area (Å²) in [6.07, 6.45) is 3.35. The molecule has 1 aliphatic rings. The zero-order valence-corrected chi connectivity index (χ0v) is 12.6. The van der Waals surface area contributed by atoms with Crippen LogP contribution in [0.15, 0.2) is 12.1 Å². The normalized spacial score (nSPS) is 17.1. The van der Waals surface area contributed by atoms with Crippen LogP contribution in [-0.2, 0) is 6.54 Å². The maximum absolute atomic E-state index is 9.32. The van der Waals surface area contributed by atoms with Gasteiger partial charge >= 0.3 is 0 Å². The number of benzene rings is 1. The third kappa shape index (κ3) is 2.98. The number of nitrogens with zero attached hydrogens (tertiary/aromatic N) is 2. The lowest BCUT2D eigenvalue weighted by atomic mass is 9.69. The first kappa shape index (κ1) is 14.1. The van der Waals surface area contributed by atoms with Crippen molar-refractivity contribution in [2.24, 2.45) is 5.41 Å². The predicted molar refractivity (Wildman–Crippen MR) is 78.9 cm³/mol. The third-order valence-corrected chi connectivity index (χ3v) is 4.39. The molecule has 2 nitrogen and oxygen atoms in total. The van der Waals surface area contributed by atoms with Crippen LogP contribution in [0.2, 0.25) is 0 Å². The van der Waals surface area contributed by atoms with Gasteiger partial charge in [0.15, 0.2) is 0 Å². The summed E-state index contributed by atoms with van der Waals surface area (Å²) in [5, 5.41) is 9.32. The van der Waals surface area contributed by atoms with Crippen LogP contribution in [0, 0.1) is 37.5 Å². The SMILES string of the molecule is Cc1cc(C)c(CN(C)CC2(C#N)CCC2)c(C)c1. The van der Waals surface area contributed by atoms with Crippen LogP contribution >= 0.6 is 0 Å². The van der Waals surface area contributed by atoms with Gasteiger partial charge in [-0.25, -0.2) is 0 Å². The minimum absolute atomic E-state index is 0.0682. The summed E-state index contributed by atoms with van der Waals surface area (Å²) < 4.78 is 0. The van der Waals surface area contributed by atoms with Crippen LogP contribution in [0.4, 0.5) is 0 Å². The Labute approximate surface area is 117 Å². The van der Waals surface area contributed by atoms with Crippen molar-refractivity contribution in [3.05, 3.63) is 34.4 Å². The van der Waals surface area contributed by atoms with Crippen LogP contribution in [0.25, 0.3) is 0 Å². The Hall–Kier alpha value is -1.33. The summed E-state index contributed by atoms with van der Waals surface area (Å²) in [5.74, 6) is 0. The summed E-state index contributed by atoms with van der Waals surface area (Å²) >= 11 is 0. The predicted octanol–water partition coefficient (Wildman–Crippen LogP) is 3.74. The van der Waals surface area contributed by atoms with Gasteiger partial charge < -0.3 is 4.90 Å². The average Bonchev–Trinajstić information content (AvgIpc) is 2.28. The second kappa shape index (κ2) is 5.35. The van der Waals surface area contributed by atoms with Gasteiger partial charge in [-0.15, -0.1) is 0 Å². The molecule has 1 fully saturated rings. The van der Waals surface area contributed by atoms with Crippen molar-refractivity contribution in [3.8, 4) is 6.07 Å². The third-order valence-electron chi connectivity index (χ3n) is 4.39. The molecule has 0 amide bonds. The summed E-state index contributed by atoms with van der Waals surface area (Å²) in [4.78, 5) is 2.31. The molecule has 0 saturated heterocycles. The van der Waals surface area contributed by atoms with Gasteiger partial charge in [0.25, 0.3) is 0 Å². The van der Waals surface area contributed by atoms with E-state index >= 15 is 0 Å². The molecule has 1 aromatic rings. The molecule has 0 spiro atoms. The van der Waals surface area contributed by atoms with Gasteiger partial charge in [-0.3, -0.25) is 0 Å². The van der Waals surface area contributed by atoms with E-state index < -0.39 is 0 Å². The lowest BCUT2D eigenvalue weighted by Gasteiger charge is -2.38. The van der Waals surface area contributed by atoms with Gasteiger partial charge in [0.05, 0.1) is 11.5 Å². The molecule has 0 N–H and O–H groups in total. The van der Waals surface area contributed by atoms with Crippen molar-refractivity contribution in [1.29, 1.82) is 5.26 Å². The van der Waals surface area contributed by atoms with E-state index in [2.05, 4.69) is 50.9 Å². The highest BCUT2D eigenvalue weighted by Gasteiger charge is 2.38. The highest BCUT2D eigenvalue weighted by atomic mass is 15.1. The van der Waals surface area contributed by atoms with Crippen LogP contribution in [0.1, 0.15) is 41.5 Å². The van der Waals surface area contributed by atoms with E-state index in [1.165, 1.54) is 28.7 Å². The maximum atomic E-state index is 9.32. The lowest BCUT2D eigenvalue weighted by molar-refractivity contribution is 0.134. The second-order valence-electron chi connectivity index (χ2n) is 6.30. The number of hydrogen-bond acceptors (Lipinski definition) is 2. The molecule has 1 saturated carbocycles. The van der Waals surface area contributed by atoms with Gasteiger partial charge in [0.1, 0.15) is 0 Å². The molecule has 0 radical (unpaired) electrons. The fourth-order valence-electron chi connectivity index (χ4n) is 3.21. The standard InChI is InChI=1S/C17H24N2/c1-13-8-14(2)16(15(3)9-13)10-19(4)12-17(11-18)6-5-7-17/h8-9H,5-7,10,12H2,1-4H3. The van der Waals surface area contributed by atoms with Gasteiger partial charge in [-0.2, -0.15) is 5.26 Å². The van der Waals surface area contributed by atoms with E-state index in [0.717, 1.165) is 25.9 Å². The summed E-state index contributed by atoms with van der Waals surface area (Å²) in [6, 6.07) is 7.03.